The summed E-state index contributed by atoms with van der Waals surface area (Å²) in [6, 6.07) is 3.64. The number of rotatable bonds is 5. The van der Waals surface area contributed by atoms with Gasteiger partial charge in [-0.15, -0.1) is 0 Å². The summed E-state index contributed by atoms with van der Waals surface area (Å²) in [5, 5.41) is 3.94. The van der Waals surface area contributed by atoms with Crippen LogP contribution in [0.15, 0.2) is 29.0 Å². The number of hydrogen-bond donors (Lipinski definition) is 0. The number of carbonyl (C=O) groups excluding carboxylic acids is 1. The lowest BCUT2D eigenvalue weighted by Gasteiger charge is -2.31. The monoisotopic (exact) mass is 316 g/mol. The predicted molar refractivity (Wildman–Crippen MR) is 82.5 cm³/mol. The topological polar surface area (TPSA) is 81.4 Å². The smallest absolute Gasteiger partial charge is 0.227 e. The Morgan fingerprint density at radius 2 is 2.09 bits per heavy atom. The van der Waals surface area contributed by atoms with Crippen molar-refractivity contribution in [3.63, 3.8) is 0 Å². The largest absolute Gasteiger partial charge is 0.381 e. The Kier molecular flexibility index (Phi) is 4.97. The van der Waals surface area contributed by atoms with Gasteiger partial charge in [-0.2, -0.15) is 4.98 Å². The summed E-state index contributed by atoms with van der Waals surface area (Å²) in [5.41, 5.74) is 0.850. The van der Waals surface area contributed by atoms with E-state index in [9.17, 15) is 4.79 Å². The van der Waals surface area contributed by atoms with E-state index in [0.29, 0.717) is 24.6 Å². The molecule has 0 spiro atoms. The molecule has 122 valence electrons. The molecular formula is C16H20N4O3. The van der Waals surface area contributed by atoms with Gasteiger partial charge in [0.05, 0.1) is 6.10 Å². The number of likely N-dealkylation sites (tertiary alicyclic amines) is 1. The van der Waals surface area contributed by atoms with Crippen molar-refractivity contribution in [2.45, 2.75) is 31.8 Å². The summed E-state index contributed by atoms with van der Waals surface area (Å²) >= 11 is 0. The molecule has 2 aromatic heterocycles. The first kappa shape index (κ1) is 15.6. The third-order valence-corrected chi connectivity index (χ3v) is 4.09. The average molecular weight is 316 g/mol. The number of carbonyl (C=O) groups is 1. The van der Waals surface area contributed by atoms with Gasteiger partial charge in [0.1, 0.15) is 0 Å². The number of hydrogen-bond acceptors (Lipinski definition) is 6. The van der Waals surface area contributed by atoms with Crippen LogP contribution in [-0.2, 0) is 16.0 Å². The Bertz CT molecular complexity index is 636. The van der Waals surface area contributed by atoms with E-state index in [4.69, 9.17) is 9.26 Å². The molecule has 2 aromatic rings. The van der Waals surface area contributed by atoms with Crippen molar-refractivity contribution in [2.75, 3.05) is 20.2 Å². The zero-order chi connectivity index (χ0) is 16.1. The number of nitrogens with zero attached hydrogens (tertiary/aromatic N) is 4. The fraction of sp³-hybridized carbons (Fsp3) is 0.500. The van der Waals surface area contributed by atoms with Crippen molar-refractivity contribution in [3.05, 3.63) is 30.4 Å². The number of methoxy groups -OCH3 is 1. The first-order valence-corrected chi connectivity index (χ1v) is 7.80. The van der Waals surface area contributed by atoms with Crippen molar-refractivity contribution < 1.29 is 14.1 Å². The molecule has 7 heteroatoms. The zero-order valence-electron chi connectivity index (χ0n) is 13.1. The van der Waals surface area contributed by atoms with Crippen LogP contribution in [0.2, 0.25) is 0 Å². The molecule has 1 saturated heterocycles. The van der Waals surface area contributed by atoms with Crippen molar-refractivity contribution in [3.8, 4) is 11.4 Å². The fourth-order valence-electron chi connectivity index (χ4n) is 2.69. The molecule has 0 N–H and O–H groups in total. The number of aromatic nitrogens is 3. The van der Waals surface area contributed by atoms with E-state index in [1.54, 1.807) is 19.5 Å². The molecule has 1 amide bonds. The van der Waals surface area contributed by atoms with Crippen molar-refractivity contribution >= 4 is 5.91 Å². The second-order valence-electron chi connectivity index (χ2n) is 5.56. The van der Waals surface area contributed by atoms with Gasteiger partial charge in [0.15, 0.2) is 0 Å². The molecule has 23 heavy (non-hydrogen) atoms. The molecule has 0 aliphatic carbocycles. The molecule has 0 radical (unpaired) electrons. The maximum atomic E-state index is 12.2. The van der Waals surface area contributed by atoms with Gasteiger partial charge in [0.25, 0.3) is 0 Å². The van der Waals surface area contributed by atoms with Gasteiger partial charge in [0, 0.05) is 51.0 Å². The number of ether oxygens (including phenoxy) is 1. The minimum absolute atomic E-state index is 0.128. The Hall–Kier alpha value is -2.28. The van der Waals surface area contributed by atoms with Gasteiger partial charge < -0.3 is 14.2 Å². The average Bonchev–Trinajstić information content (AvgIpc) is 3.09. The Morgan fingerprint density at radius 3 is 2.78 bits per heavy atom. The van der Waals surface area contributed by atoms with Crippen LogP contribution in [0.1, 0.15) is 25.2 Å². The SMILES string of the molecule is COC1CCN(C(=O)CCc2nc(-c3ccncc3)no2)CC1. The van der Waals surface area contributed by atoms with Gasteiger partial charge in [-0.05, 0) is 25.0 Å². The summed E-state index contributed by atoms with van der Waals surface area (Å²) in [6.07, 6.45) is 6.27. The Balaban J connectivity index is 1.51. The van der Waals surface area contributed by atoms with Crippen LogP contribution >= 0.6 is 0 Å². The van der Waals surface area contributed by atoms with E-state index in [-0.39, 0.29) is 12.0 Å². The Morgan fingerprint density at radius 1 is 1.35 bits per heavy atom. The molecule has 0 atom stereocenters. The van der Waals surface area contributed by atoms with Gasteiger partial charge in [-0.3, -0.25) is 9.78 Å². The molecule has 1 aliphatic heterocycles. The van der Waals surface area contributed by atoms with Gasteiger partial charge in [-0.25, -0.2) is 0 Å². The van der Waals surface area contributed by atoms with Crippen molar-refractivity contribution in [1.82, 2.24) is 20.0 Å². The second-order valence-corrected chi connectivity index (χ2v) is 5.56. The molecule has 0 bridgehead atoms. The van der Waals surface area contributed by atoms with E-state index < -0.39 is 0 Å². The van der Waals surface area contributed by atoms with E-state index in [2.05, 4.69) is 15.1 Å². The quantitative estimate of drug-likeness (QED) is 0.835. The maximum Gasteiger partial charge on any atom is 0.227 e. The van der Waals surface area contributed by atoms with Gasteiger partial charge >= 0.3 is 0 Å². The molecule has 7 nitrogen and oxygen atoms in total. The molecule has 1 aliphatic rings. The van der Waals surface area contributed by atoms with E-state index in [0.717, 1.165) is 31.5 Å². The predicted octanol–water partition coefficient (Wildman–Crippen LogP) is 1.70. The summed E-state index contributed by atoms with van der Waals surface area (Å²) in [7, 11) is 1.72. The van der Waals surface area contributed by atoms with Crippen molar-refractivity contribution in [1.29, 1.82) is 0 Å². The van der Waals surface area contributed by atoms with Gasteiger partial charge in [0.2, 0.25) is 17.6 Å². The summed E-state index contributed by atoms with van der Waals surface area (Å²) in [6.45, 7) is 1.51. The lowest BCUT2D eigenvalue weighted by molar-refractivity contribution is -0.133. The van der Waals surface area contributed by atoms with Crippen LogP contribution in [0.5, 0.6) is 0 Å². The summed E-state index contributed by atoms with van der Waals surface area (Å²) in [4.78, 5) is 22.4. The number of aryl methyl sites for hydroxylation is 1. The second kappa shape index (κ2) is 7.32. The number of amides is 1. The highest BCUT2D eigenvalue weighted by Gasteiger charge is 2.22. The third-order valence-electron chi connectivity index (χ3n) is 4.09. The Labute approximate surface area is 134 Å². The normalized spacial score (nSPS) is 15.8. The van der Waals surface area contributed by atoms with E-state index in [1.807, 2.05) is 17.0 Å². The van der Waals surface area contributed by atoms with Crippen LogP contribution in [0.25, 0.3) is 11.4 Å². The molecule has 1 fully saturated rings. The van der Waals surface area contributed by atoms with Crippen LogP contribution in [0.4, 0.5) is 0 Å². The van der Waals surface area contributed by atoms with Crippen LogP contribution in [0, 0.1) is 0 Å². The number of pyridine rings is 1. The highest BCUT2D eigenvalue weighted by Crippen LogP contribution is 2.16. The lowest BCUT2D eigenvalue weighted by atomic mass is 10.1. The first-order chi connectivity index (χ1) is 11.3. The third kappa shape index (κ3) is 3.92. The molecule has 3 heterocycles. The van der Waals surface area contributed by atoms with Crippen LogP contribution < -0.4 is 0 Å². The van der Waals surface area contributed by atoms with E-state index >= 15 is 0 Å². The molecular weight excluding hydrogens is 296 g/mol. The minimum atomic E-state index is 0.128. The fourth-order valence-corrected chi connectivity index (χ4v) is 2.69. The summed E-state index contributed by atoms with van der Waals surface area (Å²) in [5.74, 6) is 1.14. The van der Waals surface area contributed by atoms with E-state index in [1.165, 1.54) is 0 Å². The van der Waals surface area contributed by atoms with Crippen molar-refractivity contribution in [2.24, 2.45) is 0 Å². The highest BCUT2D eigenvalue weighted by atomic mass is 16.5. The summed E-state index contributed by atoms with van der Waals surface area (Å²) < 4.78 is 10.5. The standard InChI is InChI=1S/C16H20N4O3/c1-22-13-6-10-20(11-7-13)15(21)3-2-14-18-16(19-23-14)12-4-8-17-9-5-12/h4-5,8-9,13H,2-3,6-7,10-11H2,1H3. The molecule has 0 saturated carbocycles. The molecule has 0 unspecified atom stereocenters. The van der Waals surface area contributed by atoms with Gasteiger partial charge in [-0.1, -0.05) is 5.16 Å². The number of piperidine rings is 1. The molecule has 3 rings (SSSR count). The first-order valence-electron chi connectivity index (χ1n) is 7.80. The highest BCUT2D eigenvalue weighted by molar-refractivity contribution is 5.76. The zero-order valence-corrected chi connectivity index (χ0v) is 13.1. The lowest BCUT2D eigenvalue weighted by Crippen LogP contribution is -2.40. The van der Waals surface area contributed by atoms with Crippen LogP contribution in [0.3, 0.4) is 0 Å². The van der Waals surface area contributed by atoms with Crippen LogP contribution in [-0.4, -0.2) is 52.2 Å². The minimum Gasteiger partial charge on any atom is -0.381 e. The maximum absolute atomic E-state index is 12.2. The molecule has 0 aromatic carbocycles.